The van der Waals surface area contributed by atoms with Crippen molar-refractivity contribution in [3.63, 3.8) is 0 Å². The van der Waals surface area contributed by atoms with Crippen LogP contribution in [0.2, 0.25) is 0 Å². The van der Waals surface area contributed by atoms with E-state index in [-0.39, 0.29) is 5.60 Å². The van der Waals surface area contributed by atoms with Crippen molar-refractivity contribution >= 4 is 0 Å². The van der Waals surface area contributed by atoms with Crippen LogP contribution in [-0.2, 0) is 29.7 Å². The monoisotopic (exact) mass is 381 g/mol. The van der Waals surface area contributed by atoms with Crippen molar-refractivity contribution in [3.05, 3.63) is 47.1 Å². The number of ether oxygens (including phenoxy) is 1. The van der Waals surface area contributed by atoms with Gasteiger partial charge in [0, 0.05) is 56.1 Å². The number of fused-ring (bicyclic) bond motifs is 2. The maximum absolute atomic E-state index is 6.37. The molecular weight excluding hydrogens is 350 g/mol. The minimum Gasteiger partial charge on any atom is -0.368 e. The van der Waals surface area contributed by atoms with Gasteiger partial charge in [0.1, 0.15) is 17.2 Å². The van der Waals surface area contributed by atoms with Gasteiger partial charge in [0.2, 0.25) is 0 Å². The van der Waals surface area contributed by atoms with Crippen molar-refractivity contribution in [3.8, 4) is 0 Å². The molecule has 4 rings (SSSR count). The highest BCUT2D eigenvalue weighted by atomic mass is 16.5. The molecule has 2 aliphatic heterocycles. The lowest BCUT2D eigenvalue weighted by Crippen LogP contribution is -2.47. The van der Waals surface area contributed by atoms with E-state index in [2.05, 4.69) is 40.6 Å². The van der Waals surface area contributed by atoms with Crippen molar-refractivity contribution in [1.82, 2.24) is 24.8 Å². The van der Waals surface area contributed by atoms with Gasteiger partial charge in [0.25, 0.3) is 0 Å². The van der Waals surface area contributed by atoms with Crippen LogP contribution in [0.15, 0.2) is 18.6 Å². The fourth-order valence-corrected chi connectivity index (χ4v) is 4.23. The first-order valence-electron chi connectivity index (χ1n) is 10.6. The maximum atomic E-state index is 6.37. The molecule has 2 aromatic heterocycles. The lowest BCUT2D eigenvalue weighted by molar-refractivity contribution is -0.102. The number of piperidine rings is 1. The minimum absolute atomic E-state index is 0.238. The molecular formula is C22H31N5O. The molecule has 0 radical (unpaired) electrons. The second-order valence-electron chi connectivity index (χ2n) is 8.38. The molecule has 4 heterocycles. The predicted molar refractivity (Wildman–Crippen MR) is 108 cm³/mol. The van der Waals surface area contributed by atoms with Crippen LogP contribution in [0.3, 0.4) is 0 Å². The van der Waals surface area contributed by atoms with Gasteiger partial charge >= 0.3 is 0 Å². The average molecular weight is 382 g/mol. The van der Waals surface area contributed by atoms with Crippen molar-refractivity contribution in [2.24, 2.45) is 0 Å². The zero-order valence-electron chi connectivity index (χ0n) is 17.3. The zero-order valence-corrected chi connectivity index (χ0v) is 17.3. The summed E-state index contributed by atoms with van der Waals surface area (Å²) in [6, 6.07) is 0. The van der Waals surface area contributed by atoms with Gasteiger partial charge in [-0.3, -0.25) is 4.90 Å². The van der Waals surface area contributed by atoms with E-state index < -0.39 is 0 Å². The summed E-state index contributed by atoms with van der Waals surface area (Å²) in [5.41, 5.74) is 3.36. The molecule has 0 saturated carbocycles. The molecule has 150 valence electrons. The molecule has 2 aromatic rings. The van der Waals surface area contributed by atoms with Crippen LogP contribution in [0, 0.1) is 0 Å². The highest BCUT2D eigenvalue weighted by Gasteiger charge is 2.42. The van der Waals surface area contributed by atoms with Gasteiger partial charge in [-0.25, -0.2) is 19.9 Å². The quantitative estimate of drug-likeness (QED) is 0.791. The Labute approximate surface area is 167 Å². The molecule has 0 amide bonds. The Morgan fingerprint density at radius 3 is 2.54 bits per heavy atom. The predicted octanol–water partition coefficient (Wildman–Crippen LogP) is 3.41. The van der Waals surface area contributed by atoms with E-state index in [1.165, 1.54) is 11.1 Å². The molecule has 0 bridgehead atoms. The molecule has 1 spiro atoms. The minimum atomic E-state index is -0.238. The van der Waals surface area contributed by atoms with Gasteiger partial charge in [-0.1, -0.05) is 20.8 Å². The Morgan fingerprint density at radius 1 is 1.11 bits per heavy atom. The molecule has 0 aliphatic carbocycles. The lowest BCUT2D eigenvalue weighted by Gasteiger charge is -2.44. The summed E-state index contributed by atoms with van der Waals surface area (Å²) >= 11 is 0. The van der Waals surface area contributed by atoms with Gasteiger partial charge in [0.15, 0.2) is 0 Å². The van der Waals surface area contributed by atoms with Crippen molar-refractivity contribution in [2.45, 2.75) is 70.9 Å². The molecule has 0 N–H and O–H groups in total. The van der Waals surface area contributed by atoms with Crippen LogP contribution in [0.25, 0.3) is 0 Å². The number of aromatic nitrogens is 4. The summed E-state index contributed by atoms with van der Waals surface area (Å²) in [4.78, 5) is 21.0. The topological polar surface area (TPSA) is 64.0 Å². The third-order valence-electron chi connectivity index (χ3n) is 5.88. The molecule has 1 fully saturated rings. The van der Waals surface area contributed by atoms with Gasteiger partial charge in [-0.2, -0.15) is 0 Å². The molecule has 0 unspecified atom stereocenters. The van der Waals surface area contributed by atoms with Crippen LogP contribution in [0.4, 0.5) is 0 Å². The van der Waals surface area contributed by atoms with E-state index >= 15 is 0 Å². The van der Waals surface area contributed by atoms with E-state index in [0.29, 0.717) is 5.92 Å². The van der Waals surface area contributed by atoms with E-state index in [0.717, 1.165) is 75.7 Å². The standard InChI is InChI=1S/C22H31N5O/c1-4-5-19-23-12-17(13-24-19)15-27-9-7-22(8-10-27)20-18(6-11-28-22)14-25-21(26-20)16(2)3/h12-14,16H,4-11,15H2,1-3H3. The van der Waals surface area contributed by atoms with E-state index in [1.54, 1.807) is 0 Å². The molecule has 0 atom stereocenters. The second-order valence-corrected chi connectivity index (χ2v) is 8.38. The summed E-state index contributed by atoms with van der Waals surface area (Å²) in [6.45, 7) is 10.1. The normalized spacial score (nSPS) is 19.1. The number of aryl methyl sites for hydroxylation is 1. The van der Waals surface area contributed by atoms with E-state index in [4.69, 9.17) is 9.72 Å². The molecule has 1 saturated heterocycles. The Kier molecular flexibility index (Phi) is 5.69. The second kappa shape index (κ2) is 8.21. The fourth-order valence-electron chi connectivity index (χ4n) is 4.23. The highest BCUT2D eigenvalue weighted by molar-refractivity contribution is 5.28. The van der Waals surface area contributed by atoms with Crippen molar-refractivity contribution < 1.29 is 4.74 Å². The first-order chi connectivity index (χ1) is 13.6. The highest BCUT2D eigenvalue weighted by Crippen LogP contribution is 2.40. The largest absolute Gasteiger partial charge is 0.368 e. The summed E-state index contributed by atoms with van der Waals surface area (Å²) in [7, 11) is 0. The summed E-state index contributed by atoms with van der Waals surface area (Å²) in [6.07, 6.45) is 10.9. The molecule has 6 nitrogen and oxygen atoms in total. The third-order valence-corrected chi connectivity index (χ3v) is 5.88. The van der Waals surface area contributed by atoms with Crippen molar-refractivity contribution in [1.29, 1.82) is 0 Å². The van der Waals surface area contributed by atoms with Gasteiger partial charge in [-0.15, -0.1) is 0 Å². The van der Waals surface area contributed by atoms with Crippen LogP contribution >= 0.6 is 0 Å². The summed E-state index contributed by atoms with van der Waals surface area (Å²) < 4.78 is 6.37. The molecule has 2 aliphatic rings. The first-order valence-corrected chi connectivity index (χ1v) is 10.6. The molecule has 6 heteroatoms. The maximum Gasteiger partial charge on any atom is 0.131 e. The molecule has 28 heavy (non-hydrogen) atoms. The number of likely N-dealkylation sites (tertiary alicyclic amines) is 1. The molecule has 0 aromatic carbocycles. The van der Waals surface area contributed by atoms with Crippen LogP contribution in [0.1, 0.15) is 74.4 Å². The fraction of sp³-hybridized carbons (Fsp3) is 0.636. The number of hydrogen-bond acceptors (Lipinski definition) is 6. The number of nitrogens with zero attached hydrogens (tertiary/aromatic N) is 5. The third kappa shape index (κ3) is 3.94. The van der Waals surface area contributed by atoms with Crippen LogP contribution in [0.5, 0.6) is 0 Å². The van der Waals surface area contributed by atoms with E-state index in [1.807, 2.05) is 18.6 Å². The Hall–Kier alpha value is -1.92. The van der Waals surface area contributed by atoms with E-state index in [9.17, 15) is 0 Å². The SMILES string of the molecule is CCCc1ncc(CN2CCC3(CC2)OCCc2cnc(C(C)C)nc23)cn1. The van der Waals surface area contributed by atoms with Gasteiger partial charge in [0.05, 0.1) is 12.3 Å². The number of rotatable bonds is 5. The van der Waals surface area contributed by atoms with Gasteiger partial charge < -0.3 is 4.74 Å². The Bertz CT molecular complexity index is 797. The van der Waals surface area contributed by atoms with Crippen molar-refractivity contribution in [2.75, 3.05) is 19.7 Å². The number of hydrogen-bond donors (Lipinski definition) is 0. The first kappa shape index (κ1) is 19.4. The van der Waals surface area contributed by atoms with Crippen LogP contribution in [-0.4, -0.2) is 44.5 Å². The van der Waals surface area contributed by atoms with Gasteiger partial charge in [-0.05, 0) is 31.2 Å². The lowest BCUT2D eigenvalue weighted by atomic mass is 9.83. The Balaban J connectivity index is 1.45. The average Bonchev–Trinajstić information content (AvgIpc) is 2.71. The summed E-state index contributed by atoms with van der Waals surface area (Å²) in [5.74, 6) is 2.20. The smallest absolute Gasteiger partial charge is 0.131 e. The Morgan fingerprint density at radius 2 is 1.86 bits per heavy atom. The van der Waals surface area contributed by atoms with Crippen LogP contribution < -0.4 is 0 Å². The summed E-state index contributed by atoms with van der Waals surface area (Å²) in [5, 5.41) is 0. The zero-order chi connectivity index (χ0) is 19.6.